The monoisotopic (exact) mass is 231 g/mol. The number of H-pyrrole nitrogens is 1. The Morgan fingerprint density at radius 2 is 2.18 bits per heavy atom. The van der Waals surface area contributed by atoms with E-state index in [1.165, 1.54) is 10.9 Å². The van der Waals surface area contributed by atoms with Gasteiger partial charge in [0.2, 0.25) is 5.91 Å². The molecule has 2 aromatic rings. The average molecular weight is 231 g/mol. The summed E-state index contributed by atoms with van der Waals surface area (Å²) < 4.78 is 0. The smallest absolute Gasteiger partial charge is 0.217 e. The summed E-state index contributed by atoms with van der Waals surface area (Å²) >= 11 is 0. The fraction of sp³-hybridized carbons (Fsp3) is 0.308. The Bertz CT molecular complexity index is 504. The molecule has 4 heteroatoms. The Morgan fingerprint density at radius 3 is 3.00 bits per heavy atom. The zero-order valence-corrected chi connectivity index (χ0v) is 9.70. The van der Waals surface area contributed by atoms with Gasteiger partial charge in [0.05, 0.1) is 0 Å². The Labute approximate surface area is 100 Å². The summed E-state index contributed by atoms with van der Waals surface area (Å²) in [7, 11) is 0. The number of aromatic nitrogens is 1. The molecule has 1 aromatic carbocycles. The van der Waals surface area contributed by atoms with E-state index in [0.29, 0.717) is 6.42 Å². The first-order chi connectivity index (χ1) is 8.27. The standard InChI is InChI=1S/C13H17N3O/c14-13(17)6-3-7-15-8-10-9-16-12-5-2-1-4-11(10)12/h1-2,4-5,9,15-16H,3,6-8H2,(H2,14,17). The third-order valence-corrected chi connectivity index (χ3v) is 2.77. The van der Waals surface area contributed by atoms with E-state index in [1.807, 2.05) is 18.3 Å². The molecule has 4 nitrogen and oxygen atoms in total. The van der Waals surface area contributed by atoms with Gasteiger partial charge in [-0.2, -0.15) is 0 Å². The summed E-state index contributed by atoms with van der Waals surface area (Å²) in [6.45, 7) is 1.62. The van der Waals surface area contributed by atoms with Gasteiger partial charge in [0.25, 0.3) is 0 Å². The molecule has 1 amide bonds. The number of carbonyl (C=O) groups is 1. The number of benzene rings is 1. The second-order valence-electron chi connectivity index (χ2n) is 4.11. The lowest BCUT2D eigenvalue weighted by molar-refractivity contribution is -0.118. The molecule has 17 heavy (non-hydrogen) atoms. The summed E-state index contributed by atoms with van der Waals surface area (Å²) in [6, 6.07) is 8.22. The van der Waals surface area contributed by atoms with Crippen molar-refractivity contribution in [3.63, 3.8) is 0 Å². The number of amides is 1. The van der Waals surface area contributed by atoms with E-state index in [0.717, 1.165) is 25.0 Å². The Balaban J connectivity index is 1.85. The highest BCUT2D eigenvalue weighted by Gasteiger charge is 2.01. The van der Waals surface area contributed by atoms with Crippen molar-refractivity contribution in [2.45, 2.75) is 19.4 Å². The van der Waals surface area contributed by atoms with Gasteiger partial charge in [0.15, 0.2) is 0 Å². The molecule has 0 atom stereocenters. The number of rotatable bonds is 6. The van der Waals surface area contributed by atoms with Crippen LogP contribution in [0.3, 0.4) is 0 Å². The molecule has 1 aromatic heterocycles. The van der Waals surface area contributed by atoms with Gasteiger partial charge >= 0.3 is 0 Å². The first-order valence-electron chi connectivity index (χ1n) is 5.81. The third kappa shape index (κ3) is 3.07. The van der Waals surface area contributed by atoms with Crippen LogP contribution >= 0.6 is 0 Å². The van der Waals surface area contributed by atoms with E-state index in [1.54, 1.807) is 0 Å². The summed E-state index contributed by atoms with van der Waals surface area (Å²) in [4.78, 5) is 13.8. The van der Waals surface area contributed by atoms with Crippen LogP contribution in [-0.4, -0.2) is 17.4 Å². The van der Waals surface area contributed by atoms with Crippen LogP contribution in [0.25, 0.3) is 10.9 Å². The molecule has 0 saturated heterocycles. The van der Waals surface area contributed by atoms with E-state index in [2.05, 4.69) is 22.4 Å². The fourth-order valence-electron chi connectivity index (χ4n) is 1.89. The third-order valence-electron chi connectivity index (χ3n) is 2.77. The zero-order chi connectivity index (χ0) is 12.1. The molecule has 0 bridgehead atoms. The van der Waals surface area contributed by atoms with E-state index < -0.39 is 0 Å². The molecule has 90 valence electrons. The molecule has 0 aliphatic carbocycles. The van der Waals surface area contributed by atoms with Crippen LogP contribution in [0.2, 0.25) is 0 Å². The van der Waals surface area contributed by atoms with E-state index in [-0.39, 0.29) is 5.91 Å². The van der Waals surface area contributed by atoms with Gasteiger partial charge in [0.1, 0.15) is 0 Å². The number of hydrogen-bond acceptors (Lipinski definition) is 2. The molecule has 1 heterocycles. The van der Waals surface area contributed by atoms with Crippen LogP contribution in [0.1, 0.15) is 18.4 Å². The highest BCUT2D eigenvalue weighted by Crippen LogP contribution is 2.17. The number of hydrogen-bond donors (Lipinski definition) is 3. The van der Waals surface area contributed by atoms with Crippen molar-refractivity contribution in [1.82, 2.24) is 10.3 Å². The van der Waals surface area contributed by atoms with Crippen LogP contribution in [-0.2, 0) is 11.3 Å². The molecule has 0 aliphatic rings. The highest BCUT2D eigenvalue weighted by molar-refractivity contribution is 5.82. The molecule has 0 aliphatic heterocycles. The lowest BCUT2D eigenvalue weighted by Gasteiger charge is -2.02. The predicted molar refractivity (Wildman–Crippen MR) is 68.4 cm³/mol. The van der Waals surface area contributed by atoms with Gasteiger partial charge in [-0.15, -0.1) is 0 Å². The molecule has 0 radical (unpaired) electrons. The van der Waals surface area contributed by atoms with Crippen LogP contribution in [0.15, 0.2) is 30.5 Å². The van der Waals surface area contributed by atoms with Crippen LogP contribution < -0.4 is 11.1 Å². The maximum Gasteiger partial charge on any atom is 0.217 e. The normalized spacial score (nSPS) is 10.8. The van der Waals surface area contributed by atoms with Gasteiger partial charge in [0, 0.05) is 30.1 Å². The minimum Gasteiger partial charge on any atom is -0.370 e. The minimum absolute atomic E-state index is 0.237. The maximum atomic E-state index is 10.6. The number of para-hydroxylation sites is 1. The van der Waals surface area contributed by atoms with Gasteiger partial charge in [-0.05, 0) is 24.6 Å². The van der Waals surface area contributed by atoms with Gasteiger partial charge in [-0.3, -0.25) is 4.79 Å². The molecule has 0 spiro atoms. The Hall–Kier alpha value is -1.81. The first kappa shape index (κ1) is 11.7. The maximum absolute atomic E-state index is 10.6. The van der Waals surface area contributed by atoms with E-state index in [9.17, 15) is 4.79 Å². The van der Waals surface area contributed by atoms with Crippen molar-refractivity contribution in [3.05, 3.63) is 36.0 Å². The Morgan fingerprint density at radius 1 is 1.35 bits per heavy atom. The molecule has 0 saturated carbocycles. The van der Waals surface area contributed by atoms with Crippen molar-refractivity contribution < 1.29 is 4.79 Å². The predicted octanol–water partition coefficient (Wildman–Crippen LogP) is 1.52. The molecular formula is C13H17N3O. The summed E-state index contributed by atoms with van der Waals surface area (Å²) in [6.07, 6.45) is 3.25. The SMILES string of the molecule is NC(=O)CCCNCc1c[nH]c2ccccc12. The summed E-state index contributed by atoms with van der Waals surface area (Å²) in [5.41, 5.74) is 7.48. The van der Waals surface area contributed by atoms with Crippen molar-refractivity contribution in [1.29, 1.82) is 0 Å². The Kier molecular flexibility index (Phi) is 3.77. The molecule has 4 N–H and O–H groups in total. The number of primary amides is 1. The number of nitrogens with two attached hydrogens (primary N) is 1. The average Bonchev–Trinajstić information content (AvgIpc) is 2.72. The van der Waals surface area contributed by atoms with Crippen molar-refractivity contribution in [3.8, 4) is 0 Å². The molecule has 0 fully saturated rings. The number of aromatic amines is 1. The molecule has 0 unspecified atom stereocenters. The van der Waals surface area contributed by atoms with Gasteiger partial charge in [-0.1, -0.05) is 18.2 Å². The van der Waals surface area contributed by atoms with Crippen molar-refractivity contribution in [2.24, 2.45) is 5.73 Å². The number of carbonyl (C=O) groups excluding carboxylic acids is 1. The van der Waals surface area contributed by atoms with E-state index in [4.69, 9.17) is 5.73 Å². The second kappa shape index (κ2) is 5.50. The quantitative estimate of drug-likeness (QED) is 0.660. The van der Waals surface area contributed by atoms with Crippen molar-refractivity contribution in [2.75, 3.05) is 6.54 Å². The van der Waals surface area contributed by atoms with Crippen molar-refractivity contribution >= 4 is 16.8 Å². The second-order valence-corrected chi connectivity index (χ2v) is 4.11. The van der Waals surface area contributed by atoms with Gasteiger partial charge in [-0.25, -0.2) is 0 Å². The van der Waals surface area contributed by atoms with Crippen LogP contribution in [0.4, 0.5) is 0 Å². The lowest BCUT2D eigenvalue weighted by atomic mass is 10.2. The largest absolute Gasteiger partial charge is 0.370 e. The minimum atomic E-state index is -0.237. The zero-order valence-electron chi connectivity index (χ0n) is 9.70. The molecular weight excluding hydrogens is 214 g/mol. The van der Waals surface area contributed by atoms with Crippen LogP contribution in [0, 0.1) is 0 Å². The highest BCUT2D eigenvalue weighted by atomic mass is 16.1. The fourth-order valence-corrected chi connectivity index (χ4v) is 1.89. The van der Waals surface area contributed by atoms with Crippen LogP contribution in [0.5, 0.6) is 0 Å². The topological polar surface area (TPSA) is 70.9 Å². The summed E-state index contributed by atoms with van der Waals surface area (Å²) in [5.74, 6) is -0.237. The molecule has 2 rings (SSSR count). The number of nitrogens with one attached hydrogen (secondary N) is 2. The van der Waals surface area contributed by atoms with Gasteiger partial charge < -0.3 is 16.0 Å². The number of fused-ring (bicyclic) bond motifs is 1. The summed E-state index contributed by atoms with van der Waals surface area (Å²) in [5, 5.41) is 4.55. The van der Waals surface area contributed by atoms with E-state index >= 15 is 0 Å². The first-order valence-corrected chi connectivity index (χ1v) is 5.81. The lowest BCUT2D eigenvalue weighted by Crippen LogP contribution is -2.17.